The Morgan fingerprint density at radius 3 is 1.73 bits per heavy atom. The number of esters is 1. The van der Waals surface area contributed by atoms with Gasteiger partial charge in [0.15, 0.2) is 0 Å². The highest BCUT2D eigenvalue weighted by molar-refractivity contribution is 5.87. The molecule has 200 valence electrons. The van der Waals surface area contributed by atoms with Gasteiger partial charge in [-0.2, -0.15) is 0 Å². The van der Waals surface area contributed by atoms with Crippen LogP contribution in [0.3, 0.4) is 0 Å². The quantitative estimate of drug-likeness (QED) is 0.176. The van der Waals surface area contributed by atoms with Gasteiger partial charge in [0, 0.05) is 11.1 Å². The molecular weight excluding hydrogens is 476 g/mol. The van der Waals surface area contributed by atoms with Gasteiger partial charge in [-0.15, -0.1) is 0 Å². The van der Waals surface area contributed by atoms with Gasteiger partial charge in [0.1, 0.15) is 31.3 Å². The van der Waals surface area contributed by atoms with Crippen LogP contribution in [0.25, 0.3) is 0 Å². The van der Waals surface area contributed by atoms with E-state index in [4.69, 9.17) is 28.8 Å². The van der Waals surface area contributed by atoms with Crippen LogP contribution in [0.2, 0.25) is 0 Å². The first kappa shape index (κ1) is 29.6. The Labute approximate surface area is 218 Å². The van der Waals surface area contributed by atoms with Gasteiger partial charge in [-0.1, -0.05) is 36.9 Å². The SMILES string of the molecule is C=C(C)C(=O)OCCOCCOc1ccc(Cc2ccc(OCCOCCC=C(C)C(=O)O)cc2)cc1. The van der Waals surface area contributed by atoms with E-state index in [1.54, 1.807) is 19.9 Å². The van der Waals surface area contributed by atoms with Crippen molar-refractivity contribution in [3.05, 3.63) is 83.5 Å². The van der Waals surface area contributed by atoms with Crippen LogP contribution in [0, 0.1) is 0 Å². The zero-order valence-electron chi connectivity index (χ0n) is 21.6. The molecule has 0 heterocycles. The first-order chi connectivity index (χ1) is 17.8. The lowest BCUT2D eigenvalue weighted by atomic mass is 10.0. The fourth-order valence-electron chi connectivity index (χ4n) is 3.05. The molecule has 0 aromatic heterocycles. The molecule has 0 saturated heterocycles. The maximum absolute atomic E-state index is 11.3. The second-order valence-corrected chi connectivity index (χ2v) is 8.28. The van der Waals surface area contributed by atoms with Crippen molar-refractivity contribution in [3.63, 3.8) is 0 Å². The smallest absolute Gasteiger partial charge is 0.333 e. The van der Waals surface area contributed by atoms with Crippen molar-refractivity contribution in [2.75, 3.05) is 46.2 Å². The number of hydrogen-bond donors (Lipinski definition) is 1. The summed E-state index contributed by atoms with van der Waals surface area (Å²) >= 11 is 0. The molecule has 0 fully saturated rings. The Hall–Kier alpha value is -3.62. The van der Waals surface area contributed by atoms with Gasteiger partial charge in [-0.05, 0) is 62.1 Å². The van der Waals surface area contributed by atoms with Gasteiger partial charge < -0.3 is 28.8 Å². The molecular formula is C29H36O8. The minimum atomic E-state index is -0.909. The molecule has 0 aliphatic heterocycles. The minimum Gasteiger partial charge on any atom is -0.491 e. The number of carbonyl (C=O) groups excluding carboxylic acids is 1. The summed E-state index contributed by atoms with van der Waals surface area (Å²) in [6, 6.07) is 15.9. The molecule has 0 amide bonds. The fraction of sp³-hybridized carbons (Fsp3) is 0.379. The molecule has 1 N–H and O–H groups in total. The second-order valence-electron chi connectivity index (χ2n) is 8.28. The van der Waals surface area contributed by atoms with Crippen molar-refractivity contribution >= 4 is 11.9 Å². The molecule has 2 aromatic rings. The van der Waals surface area contributed by atoms with Gasteiger partial charge in [0.2, 0.25) is 0 Å². The lowest BCUT2D eigenvalue weighted by Gasteiger charge is -2.09. The van der Waals surface area contributed by atoms with E-state index in [0.717, 1.165) is 23.5 Å². The van der Waals surface area contributed by atoms with Crippen LogP contribution in [-0.4, -0.2) is 63.3 Å². The second kappa shape index (κ2) is 16.9. The van der Waals surface area contributed by atoms with E-state index >= 15 is 0 Å². The van der Waals surface area contributed by atoms with Crippen molar-refractivity contribution in [1.82, 2.24) is 0 Å². The van der Waals surface area contributed by atoms with Crippen molar-refractivity contribution in [1.29, 1.82) is 0 Å². The van der Waals surface area contributed by atoms with Crippen LogP contribution in [0.15, 0.2) is 72.3 Å². The molecule has 0 saturated carbocycles. The predicted molar refractivity (Wildman–Crippen MR) is 140 cm³/mol. The first-order valence-corrected chi connectivity index (χ1v) is 12.2. The van der Waals surface area contributed by atoms with E-state index in [-0.39, 0.29) is 6.61 Å². The lowest BCUT2D eigenvalue weighted by molar-refractivity contribution is -0.140. The monoisotopic (exact) mass is 512 g/mol. The first-order valence-electron chi connectivity index (χ1n) is 12.2. The number of benzene rings is 2. The number of carboxylic acids is 1. The highest BCUT2D eigenvalue weighted by Crippen LogP contribution is 2.18. The third-order valence-electron chi connectivity index (χ3n) is 5.11. The zero-order valence-corrected chi connectivity index (χ0v) is 21.6. The summed E-state index contributed by atoms with van der Waals surface area (Å²) in [5, 5.41) is 8.79. The normalized spacial score (nSPS) is 11.1. The van der Waals surface area contributed by atoms with E-state index in [1.165, 1.54) is 5.56 Å². The molecule has 8 heteroatoms. The van der Waals surface area contributed by atoms with Gasteiger partial charge >= 0.3 is 11.9 Å². The molecule has 0 bridgehead atoms. The lowest BCUT2D eigenvalue weighted by Crippen LogP contribution is -2.13. The third-order valence-corrected chi connectivity index (χ3v) is 5.11. The largest absolute Gasteiger partial charge is 0.491 e. The van der Waals surface area contributed by atoms with Gasteiger partial charge in [0.05, 0.1) is 26.4 Å². The maximum atomic E-state index is 11.3. The Morgan fingerprint density at radius 2 is 1.24 bits per heavy atom. The topological polar surface area (TPSA) is 101 Å². The summed E-state index contributed by atoms with van der Waals surface area (Å²) < 4.78 is 27.2. The molecule has 0 atom stereocenters. The van der Waals surface area contributed by atoms with E-state index in [2.05, 4.69) is 6.58 Å². The molecule has 0 aliphatic carbocycles. The summed E-state index contributed by atoms with van der Waals surface area (Å²) in [5.41, 5.74) is 3.02. The van der Waals surface area contributed by atoms with E-state index < -0.39 is 11.9 Å². The van der Waals surface area contributed by atoms with Crippen LogP contribution in [0.1, 0.15) is 31.4 Å². The van der Waals surface area contributed by atoms with Crippen molar-refractivity contribution < 1.29 is 38.4 Å². The Morgan fingerprint density at radius 1 is 0.757 bits per heavy atom. The van der Waals surface area contributed by atoms with Crippen LogP contribution >= 0.6 is 0 Å². The number of carbonyl (C=O) groups is 2. The van der Waals surface area contributed by atoms with Crippen LogP contribution in [-0.2, 0) is 30.2 Å². The molecule has 2 aromatic carbocycles. The number of rotatable bonds is 18. The standard InChI is InChI=1S/C29H36O8/c1-22(2)29(32)37-20-17-34-16-19-36-27-12-8-25(9-13-27)21-24-6-10-26(11-7-24)35-18-15-33-14-4-5-23(3)28(30)31/h5-13H,1,4,14-21H2,2-3H3,(H,30,31). The third kappa shape index (κ3) is 12.8. The molecule has 0 unspecified atom stereocenters. The molecule has 0 radical (unpaired) electrons. The fourth-order valence-corrected chi connectivity index (χ4v) is 3.05. The summed E-state index contributed by atoms with van der Waals surface area (Å²) in [4.78, 5) is 22.0. The Bertz CT molecular complexity index is 1010. The molecule has 0 aliphatic rings. The number of aliphatic carboxylic acids is 1. The van der Waals surface area contributed by atoms with Gasteiger partial charge in [0.25, 0.3) is 0 Å². The van der Waals surface area contributed by atoms with Crippen molar-refractivity contribution in [3.8, 4) is 11.5 Å². The molecule has 2 rings (SSSR count). The summed E-state index contributed by atoms with van der Waals surface area (Å²) in [6.07, 6.45) is 3.00. The summed E-state index contributed by atoms with van der Waals surface area (Å²) in [7, 11) is 0. The van der Waals surface area contributed by atoms with Gasteiger partial charge in [-0.25, -0.2) is 9.59 Å². The van der Waals surface area contributed by atoms with E-state index in [1.807, 2.05) is 48.5 Å². The minimum absolute atomic E-state index is 0.192. The predicted octanol–water partition coefficient (Wildman–Crippen LogP) is 4.61. The number of carboxylic acid groups (broad SMARTS) is 1. The van der Waals surface area contributed by atoms with Crippen molar-refractivity contribution in [2.45, 2.75) is 26.7 Å². The van der Waals surface area contributed by atoms with Gasteiger partial charge in [-0.3, -0.25) is 0 Å². The molecule has 37 heavy (non-hydrogen) atoms. The summed E-state index contributed by atoms with van der Waals surface area (Å²) in [6.45, 7) is 9.32. The summed E-state index contributed by atoms with van der Waals surface area (Å²) in [5.74, 6) is 0.213. The zero-order chi connectivity index (χ0) is 26.9. The van der Waals surface area contributed by atoms with Crippen LogP contribution in [0.5, 0.6) is 11.5 Å². The van der Waals surface area contributed by atoms with Crippen LogP contribution < -0.4 is 9.47 Å². The highest BCUT2D eigenvalue weighted by atomic mass is 16.6. The average Bonchev–Trinajstić information content (AvgIpc) is 2.89. The van der Waals surface area contributed by atoms with Crippen molar-refractivity contribution in [2.24, 2.45) is 0 Å². The van der Waals surface area contributed by atoms with E-state index in [9.17, 15) is 9.59 Å². The maximum Gasteiger partial charge on any atom is 0.333 e. The molecule has 8 nitrogen and oxygen atoms in total. The Balaban J connectivity index is 1.59. The van der Waals surface area contributed by atoms with Crippen LogP contribution in [0.4, 0.5) is 0 Å². The number of ether oxygens (including phenoxy) is 5. The van der Waals surface area contributed by atoms with E-state index in [0.29, 0.717) is 57.2 Å². The highest BCUT2D eigenvalue weighted by Gasteiger charge is 2.03. The molecule has 0 spiro atoms. The Kier molecular flexibility index (Phi) is 13.6. The average molecular weight is 513 g/mol. The number of hydrogen-bond acceptors (Lipinski definition) is 7.